The molecule has 0 unspecified atom stereocenters. The Bertz CT molecular complexity index is 935. The minimum Gasteiger partial charge on any atom is -0.216 e. The molecule has 4 aromatic rings. The van der Waals surface area contributed by atoms with Gasteiger partial charge < -0.3 is 0 Å². The summed E-state index contributed by atoms with van der Waals surface area (Å²) in [6.07, 6.45) is 0. The molecule has 0 amide bonds. The summed E-state index contributed by atoms with van der Waals surface area (Å²) in [5, 5.41) is 0.903. The molecule has 0 aliphatic heterocycles. The molecule has 2 heterocycles. The summed E-state index contributed by atoms with van der Waals surface area (Å²) in [4.78, 5) is 19.7. The van der Waals surface area contributed by atoms with Crippen molar-refractivity contribution in [3.8, 4) is 22.8 Å². The topological polar surface area (TPSA) is 64.5 Å². The number of hydrogen-bond acceptors (Lipinski definition) is 5. The molecule has 0 aliphatic rings. The standard InChI is InChI=1S/C10H6Cl2N2.C9H5Cl2N3/c11-8-6-9(12)14-10(13-8)7-4-2-1-3-5-7;10-8-12-7(13-9(11)14-8)6-4-2-1-3-5-6/h1-6H;1-5H. The summed E-state index contributed by atoms with van der Waals surface area (Å²) in [5.41, 5.74) is 1.76. The zero-order valence-corrected chi connectivity index (χ0v) is 17.1. The molecule has 0 aliphatic carbocycles. The van der Waals surface area contributed by atoms with Gasteiger partial charge in [-0.25, -0.2) is 9.97 Å². The van der Waals surface area contributed by atoms with Crippen molar-refractivity contribution in [3.05, 3.63) is 87.6 Å². The van der Waals surface area contributed by atoms with Gasteiger partial charge in [-0.1, -0.05) is 83.9 Å². The molecular formula is C19H11Cl4N5. The lowest BCUT2D eigenvalue weighted by molar-refractivity contribution is 1.06. The van der Waals surface area contributed by atoms with E-state index in [0.29, 0.717) is 22.0 Å². The molecule has 140 valence electrons. The van der Waals surface area contributed by atoms with E-state index in [0.717, 1.165) is 11.1 Å². The highest BCUT2D eigenvalue weighted by Crippen LogP contribution is 2.20. The van der Waals surface area contributed by atoms with Gasteiger partial charge in [-0.15, -0.1) is 0 Å². The van der Waals surface area contributed by atoms with Crippen LogP contribution in [0.5, 0.6) is 0 Å². The van der Waals surface area contributed by atoms with Crippen LogP contribution < -0.4 is 0 Å². The van der Waals surface area contributed by atoms with Crippen LogP contribution in [-0.4, -0.2) is 24.9 Å². The fourth-order valence-electron chi connectivity index (χ4n) is 2.15. The molecule has 0 atom stereocenters. The predicted molar refractivity (Wildman–Crippen MR) is 113 cm³/mol. The molecule has 0 N–H and O–H groups in total. The molecule has 4 rings (SSSR count). The van der Waals surface area contributed by atoms with Gasteiger partial charge in [-0.3, -0.25) is 0 Å². The first-order chi connectivity index (χ1) is 13.5. The minimum atomic E-state index is 0.101. The predicted octanol–water partition coefficient (Wildman–Crippen LogP) is 6.30. The van der Waals surface area contributed by atoms with Crippen LogP contribution in [0.4, 0.5) is 0 Å². The van der Waals surface area contributed by atoms with Crippen LogP contribution in [0.2, 0.25) is 20.9 Å². The van der Waals surface area contributed by atoms with Crippen LogP contribution >= 0.6 is 46.4 Å². The smallest absolute Gasteiger partial charge is 0.216 e. The van der Waals surface area contributed by atoms with E-state index in [1.165, 1.54) is 6.07 Å². The molecule has 0 saturated heterocycles. The molecule has 28 heavy (non-hydrogen) atoms. The number of nitrogens with zero attached hydrogens (tertiary/aromatic N) is 5. The van der Waals surface area contributed by atoms with Gasteiger partial charge in [0.05, 0.1) is 0 Å². The summed E-state index contributed by atoms with van der Waals surface area (Å²) in [7, 11) is 0. The number of halogens is 4. The molecule has 0 spiro atoms. The fourth-order valence-corrected chi connectivity index (χ4v) is 2.93. The molecule has 9 heteroatoms. The van der Waals surface area contributed by atoms with E-state index in [4.69, 9.17) is 46.4 Å². The Morgan fingerprint density at radius 2 is 0.857 bits per heavy atom. The largest absolute Gasteiger partial charge is 0.227 e. The molecule has 2 aromatic carbocycles. The Kier molecular flexibility index (Phi) is 7.12. The molecule has 0 saturated carbocycles. The summed E-state index contributed by atoms with van der Waals surface area (Å²) >= 11 is 22.8. The lowest BCUT2D eigenvalue weighted by Gasteiger charge is -2.00. The molecular weight excluding hydrogens is 440 g/mol. The van der Waals surface area contributed by atoms with Gasteiger partial charge in [0.15, 0.2) is 11.6 Å². The monoisotopic (exact) mass is 449 g/mol. The highest BCUT2D eigenvalue weighted by molar-refractivity contribution is 6.33. The van der Waals surface area contributed by atoms with Gasteiger partial charge in [0.1, 0.15) is 10.3 Å². The first-order valence-electron chi connectivity index (χ1n) is 7.89. The second kappa shape index (κ2) is 9.75. The Labute approximate surface area is 181 Å². The van der Waals surface area contributed by atoms with Gasteiger partial charge in [0, 0.05) is 17.2 Å². The quantitative estimate of drug-likeness (QED) is 0.335. The van der Waals surface area contributed by atoms with Crippen LogP contribution in [-0.2, 0) is 0 Å². The zero-order chi connectivity index (χ0) is 19.9. The Morgan fingerprint density at radius 3 is 1.29 bits per heavy atom. The van der Waals surface area contributed by atoms with E-state index in [-0.39, 0.29) is 10.6 Å². The van der Waals surface area contributed by atoms with Crippen LogP contribution in [0.1, 0.15) is 0 Å². The van der Waals surface area contributed by atoms with Crippen molar-refractivity contribution >= 4 is 46.4 Å². The Hall–Kier alpha value is -2.31. The summed E-state index contributed by atoms with van der Waals surface area (Å²) in [6.45, 7) is 0. The third kappa shape index (κ3) is 5.84. The SMILES string of the molecule is Clc1cc(Cl)nc(-c2ccccc2)n1.Clc1nc(Cl)nc(-c2ccccc2)n1. The van der Waals surface area contributed by atoms with E-state index >= 15 is 0 Å². The van der Waals surface area contributed by atoms with Gasteiger partial charge >= 0.3 is 0 Å². The fraction of sp³-hybridized carbons (Fsp3) is 0. The van der Waals surface area contributed by atoms with E-state index in [2.05, 4.69) is 24.9 Å². The van der Waals surface area contributed by atoms with Gasteiger partial charge in [0.2, 0.25) is 10.6 Å². The molecule has 0 radical (unpaired) electrons. The van der Waals surface area contributed by atoms with E-state index in [1.807, 2.05) is 60.7 Å². The van der Waals surface area contributed by atoms with Gasteiger partial charge in [-0.2, -0.15) is 15.0 Å². The molecule has 0 fully saturated rings. The van der Waals surface area contributed by atoms with Gasteiger partial charge in [0.25, 0.3) is 0 Å². The minimum absolute atomic E-state index is 0.101. The van der Waals surface area contributed by atoms with Crippen molar-refractivity contribution in [1.82, 2.24) is 24.9 Å². The molecule has 5 nitrogen and oxygen atoms in total. The summed E-state index contributed by atoms with van der Waals surface area (Å²) in [6, 6.07) is 20.5. The van der Waals surface area contributed by atoms with Gasteiger partial charge in [-0.05, 0) is 23.2 Å². The van der Waals surface area contributed by atoms with Crippen LogP contribution in [0.15, 0.2) is 66.7 Å². The highest BCUT2D eigenvalue weighted by Gasteiger charge is 2.05. The maximum Gasteiger partial charge on any atom is 0.227 e. The average Bonchev–Trinajstić information content (AvgIpc) is 2.68. The van der Waals surface area contributed by atoms with Crippen LogP contribution in [0.3, 0.4) is 0 Å². The lowest BCUT2D eigenvalue weighted by atomic mass is 10.2. The normalized spacial score (nSPS) is 10.1. The van der Waals surface area contributed by atoms with E-state index in [9.17, 15) is 0 Å². The maximum absolute atomic E-state index is 5.76. The summed E-state index contributed by atoms with van der Waals surface area (Å²) in [5.74, 6) is 1.03. The molecule has 2 aromatic heterocycles. The maximum atomic E-state index is 5.76. The van der Waals surface area contributed by atoms with Crippen molar-refractivity contribution in [2.75, 3.05) is 0 Å². The number of benzene rings is 2. The van der Waals surface area contributed by atoms with Crippen molar-refractivity contribution in [2.45, 2.75) is 0 Å². The van der Waals surface area contributed by atoms with Crippen molar-refractivity contribution in [2.24, 2.45) is 0 Å². The van der Waals surface area contributed by atoms with Crippen molar-refractivity contribution in [3.63, 3.8) is 0 Å². The second-order valence-corrected chi connectivity index (χ2v) is 6.72. The van der Waals surface area contributed by atoms with Crippen molar-refractivity contribution < 1.29 is 0 Å². The van der Waals surface area contributed by atoms with Crippen LogP contribution in [0, 0.1) is 0 Å². The van der Waals surface area contributed by atoms with E-state index in [1.54, 1.807) is 0 Å². The second-order valence-electron chi connectivity index (χ2n) is 5.27. The molecule has 0 bridgehead atoms. The third-order valence-corrected chi connectivity index (χ3v) is 4.03. The zero-order valence-electron chi connectivity index (χ0n) is 14.1. The lowest BCUT2D eigenvalue weighted by Crippen LogP contribution is -1.93. The van der Waals surface area contributed by atoms with Crippen LogP contribution in [0.25, 0.3) is 22.8 Å². The average molecular weight is 451 g/mol. The Morgan fingerprint density at radius 1 is 0.464 bits per heavy atom. The Balaban J connectivity index is 0.000000161. The van der Waals surface area contributed by atoms with Crippen molar-refractivity contribution in [1.29, 1.82) is 0 Å². The number of rotatable bonds is 2. The highest BCUT2D eigenvalue weighted by atomic mass is 35.5. The third-order valence-electron chi connectivity index (χ3n) is 3.31. The number of hydrogen-bond donors (Lipinski definition) is 0. The first kappa shape index (κ1) is 20.4. The summed E-state index contributed by atoms with van der Waals surface area (Å²) < 4.78 is 0. The van der Waals surface area contributed by atoms with E-state index < -0.39 is 0 Å². The number of aromatic nitrogens is 5. The first-order valence-corrected chi connectivity index (χ1v) is 9.40.